The number of benzene rings is 3. The van der Waals surface area contributed by atoms with Gasteiger partial charge in [0.1, 0.15) is 6.33 Å². The molecular formula is C26H24BN3O3. The zero-order chi connectivity index (χ0) is 23.2. The van der Waals surface area contributed by atoms with Gasteiger partial charge < -0.3 is 9.31 Å². The number of carbonyl (C=O) groups excluding carboxylic acids is 1. The normalized spacial score (nSPS) is 16.8. The van der Waals surface area contributed by atoms with Gasteiger partial charge in [-0.15, -0.1) is 0 Å². The summed E-state index contributed by atoms with van der Waals surface area (Å²) >= 11 is 0. The maximum Gasteiger partial charge on any atom is 0.494 e. The lowest BCUT2D eigenvalue weighted by atomic mass is 9.78. The van der Waals surface area contributed by atoms with Crippen LogP contribution in [-0.2, 0) is 9.31 Å². The van der Waals surface area contributed by atoms with Crippen LogP contribution < -0.4 is 5.46 Å². The second-order valence-electron chi connectivity index (χ2n) is 9.21. The molecule has 6 nitrogen and oxygen atoms in total. The predicted molar refractivity (Wildman–Crippen MR) is 129 cm³/mol. The molecule has 0 unspecified atom stereocenters. The molecule has 1 aromatic heterocycles. The molecule has 0 radical (unpaired) electrons. The second-order valence-corrected chi connectivity index (χ2v) is 9.21. The van der Waals surface area contributed by atoms with Crippen molar-refractivity contribution in [3.8, 4) is 22.8 Å². The van der Waals surface area contributed by atoms with Crippen LogP contribution in [0.5, 0.6) is 0 Å². The summed E-state index contributed by atoms with van der Waals surface area (Å²) < 4.78 is 12.4. The maximum absolute atomic E-state index is 12.0. The van der Waals surface area contributed by atoms with Crippen LogP contribution in [0.4, 0.5) is 0 Å². The Bertz CT molecular complexity index is 1350. The number of hydrogen-bond donors (Lipinski definition) is 0. The Balaban J connectivity index is 1.53. The molecule has 33 heavy (non-hydrogen) atoms. The van der Waals surface area contributed by atoms with E-state index in [0.717, 1.165) is 28.1 Å². The summed E-state index contributed by atoms with van der Waals surface area (Å²) in [5, 5.41) is 1.86. The molecule has 0 N–H and O–H groups in total. The summed E-state index contributed by atoms with van der Waals surface area (Å²) in [6, 6.07) is 19.4. The first-order valence-corrected chi connectivity index (χ1v) is 10.9. The second kappa shape index (κ2) is 7.87. The van der Waals surface area contributed by atoms with Crippen molar-refractivity contribution in [3.05, 3.63) is 72.6 Å². The largest absolute Gasteiger partial charge is 0.494 e. The van der Waals surface area contributed by atoms with Gasteiger partial charge in [-0.05, 0) is 50.0 Å². The first-order chi connectivity index (χ1) is 15.8. The van der Waals surface area contributed by atoms with Crippen molar-refractivity contribution in [2.24, 2.45) is 0 Å². The fraction of sp³-hybridized carbons (Fsp3) is 0.231. The van der Waals surface area contributed by atoms with Gasteiger partial charge in [0.25, 0.3) is 0 Å². The standard InChI is InChI=1S/C26H24BN3O3/c1-25(2)26(3,4)33-27(32-25)19-10-7-9-18(14-19)23-28-16-29-24(30-23)21-13-12-17-8-5-6-11-20(17)22(21)15-31/h5-16H,1-4H3. The van der Waals surface area contributed by atoms with Crippen molar-refractivity contribution < 1.29 is 14.1 Å². The molecule has 5 rings (SSSR count). The van der Waals surface area contributed by atoms with Crippen LogP contribution in [0.15, 0.2) is 67.0 Å². The van der Waals surface area contributed by atoms with E-state index in [4.69, 9.17) is 14.3 Å². The predicted octanol–water partition coefficient (Wildman–Crippen LogP) is 4.47. The molecule has 4 aromatic rings. The summed E-state index contributed by atoms with van der Waals surface area (Å²) in [5.74, 6) is 0.970. The average Bonchev–Trinajstić information content (AvgIpc) is 3.05. The monoisotopic (exact) mass is 437 g/mol. The highest BCUT2D eigenvalue weighted by Crippen LogP contribution is 2.36. The molecule has 164 valence electrons. The lowest BCUT2D eigenvalue weighted by molar-refractivity contribution is 0.00578. The van der Waals surface area contributed by atoms with Gasteiger partial charge in [-0.25, -0.2) is 15.0 Å². The number of hydrogen-bond acceptors (Lipinski definition) is 6. The highest BCUT2D eigenvalue weighted by Gasteiger charge is 2.51. The molecule has 0 aliphatic carbocycles. The molecule has 1 saturated heterocycles. The van der Waals surface area contributed by atoms with Gasteiger partial charge in [-0.3, -0.25) is 4.79 Å². The Morgan fingerprint density at radius 3 is 2.33 bits per heavy atom. The first-order valence-electron chi connectivity index (χ1n) is 10.9. The van der Waals surface area contributed by atoms with Gasteiger partial charge in [-0.2, -0.15) is 0 Å². The van der Waals surface area contributed by atoms with Crippen LogP contribution in [-0.4, -0.2) is 39.6 Å². The van der Waals surface area contributed by atoms with Gasteiger partial charge in [0.05, 0.1) is 11.2 Å². The van der Waals surface area contributed by atoms with Gasteiger partial charge in [-0.1, -0.05) is 54.6 Å². The quantitative estimate of drug-likeness (QED) is 0.347. The van der Waals surface area contributed by atoms with E-state index >= 15 is 0 Å². The fourth-order valence-corrected chi connectivity index (χ4v) is 3.99. The number of fused-ring (bicyclic) bond motifs is 1. The van der Waals surface area contributed by atoms with Crippen LogP contribution in [0.2, 0.25) is 0 Å². The van der Waals surface area contributed by atoms with Crippen LogP contribution >= 0.6 is 0 Å². The van der Waals surface area contributed by atoms with Gasteiger partial charge in [0.15, 0.2) is 17.9 Å². The third-order valence-electron chi connectivity index (χ3n) is 6.57. The minimum Gasteiger partial charge on any atom is -0.399 e. The maximum atomic E-state index is 12.0. The smallest absolute Gasteiger partial charge is 0.399 e. The summed E-state index contributed by atoms with van der Waals surface area (Å²) in [4.78, 5) is 25.4. The molecule has 1 fully saturated rings. The van der Waals surface area contributed by atoms with Crippen molar-refractivity contribution in [1.82, 2.24) is 15.0 Å². The summed E-state index contributed by atoms with van der Waals surface area (Å²) in [5.41, 5.74) is 2.11. The lowest BCUT2D eigenvalue weighted by Crippen LogP contribution is -2.41. The summed E-state index contributed by atoms with van der Waals surface area (Å²) in [6.07, 6.45) is 2.34. The van der Waals surface area contributed by atoms with E-state index in [1.165, 1.54) is 6.33 Å². The Labute approximate surface area is 193 Å². The molecule has 0 saturated carbocycles. The molecule has 0 spiro atoms. The van der Waals surface area contributed by atoms with E-state index in [1.54, 1.807) is 0 Å². The fourth-order valence-electron chi connectivity index (χ4n) is 3.99. The first kappa shape index (κ1) is 21.4. The number of carbonyl (C=O) groups is 1. The molecule has 0 amide bonds. The van der Waals surface area contributed by atoms with E-state index < -0.39 is 18.3 Å². The average molecular weight is 437 g/mol. The van der Waals surface area contributed by atoms with Crippen molar-refractivity contribution in [1.29, 1.82) is 0 Å². The van der Waals surface area contributed by atoms with Crippen LogP contribution in [0.3, 0.4) is 0 Å². The van der Waals surface area contributed by atoms with Crippen molar-refractivity contribution in [3.63, 3.8) is 0 Å². The van der Waals surface area contributed by atoms with E-state index in [2.05, 4.69) is 9.97 Å². The van der Waals surface area contributed by atoms with E-state index in [-0.39, 0.29) is 0 Å². The van der Waals surface area contributed by atoms with Crippen LogP contribution in [0.25, 0.3) is 33.5 Å². The highest BCUT2D eigenvalue weighted by molar-refractivity contribution is 6.62. The Morgan fingerprint density at radius 1 is 0.848 bits per heavy atom. The number of nitrogens with zero attached hydrogens (tertiary/aromatic N) is 3. The van der Waals surface area contributed by atoms with Crippen LogP contribution in [0.1, 0.15) is 38.1 Å². The third kappa shape index (κ3) is 3.73. The number of aldehydes is 1. The highest BCUT2D eigenvalue weighted by atomic mass is 16.7. The van der Waals surface area contributed by atoms with E-state index in [1.807, 2.05) is 88.4 Å². The van der Waals surface area contributed by atoms with Gasteiger partial charge in [0.2, 0.25) is 0 Å². The minimum absolute atomic E-state index is 0.421. The third-order valence-corrected chi connectivity index (χ3v) is 6.57. The number of aromatic nitrogens is 3. The van der Waals surface area contributed by atoms with E-state index in [0.29, 0.717) is 22.8 Å². The Morgan fingerprint density at radius 2 is 1.58 bits per heavy atom. The molecule has 2 heterocycles. The van der Waals surface area contributed by atoms with Crippen molar-refractivity contribution >= 4 is 29.6 Å². The Kier molecular flexibility index (Phi) is 5.11. The zero-order valence-corrected chi connectivity index (χ0v) is 19.1. The van der Waals surface area contributed by atoms with E-state index in [9.17, 15) is 4.79 Å². The molecule has 1 aliphatic heterocycles. The minimum atomic E-state index is -0.474. The molecule has 0 atom stereocenters. The van der Waals surface area contributed by atoms with Crippen LogP contribution in [0, 0.1) is 0 Å². The SMILES string of the molecule is CC1(C)OB(c2cccc(-c3ncnc(-c4ccc5ccccc5c4C=O)n3)c2)OC1(C)C. The molecule has 1 aliphatic rings. The molecule has 0 bridgehead atoms. The molecule has 3 aromatic carbocycles. The zero-order valence-electron chi connectivity index (χ0n) is 19.1. The van der Waals surface area contributed by atoms with Crippen molar-refractivity contribution in [2.45, 2.75) is 38.9 Å². The van der Waals surface area contributed by atoms with Gasteiger partial charge >= 0.3 is 7.12 Å². The summed E-state index contributed by atoms with van der Waals surface area (Å²) in [6.45, 7) is 8.12. The number of rotatable bonds is 4. The van der Waals surface area contributed by atoms with Gasteiger partial charge in [0, 0.05) is 16.7 Å². The molecular weight excluding hydrogens is 413 g/mol. The molecule has 7 heteroatoms. The topological polar surface area (TPSA) is 74.2 Å². The summed E-state index contributed by atoms with van der Waals surface area (Å²) in [7, 11) is -0.474. The Hall–Kier alpha value is -3.42. The van der Waals surface area contributed by atoms with Crippen molar-refractivity contribution in [2.75, 3.05) is 0 Å². The lowest BCUT2D eigenvalue weighted by Gasteiger charge is -2.32.